The predicted molar refractivity (Wildman–Crippen MR) is 80.8 cm³/mol. The lowest BCUT2D eigenvalue weighted by Gasteiger charge is -2.31. The van der Waals surface area contributed by atoms with Crippen LogP contribution in [0.25, 0.3) is 0 Å². The van der Waals surface area contributed by atoms with Crippen molar-refractivity contribution < 1.29 is 19.8 Å². The number of rotatable bonds is 6. The lowest BCUT2D eigenvalue weighted by atomic mass is 9.90. The number of nitrogens with one attached hydrogen (secondary N) is 2. The molecule has 0 fully saturated rings. The van der Waals surface area contributed by atoms with Gasteiger partial charge >= 0.3 is 12.0 Å². The molecule has 0 heterocycles. The van der Waals surface area contributed by atoms with Crippen molar-refractivity contribution >= 4 is 17.7 Å². The monoisotopic (exact) mass is 294 g/mol. The van der Waals surface area contributed by atoms with E-state index in [4.69, 9.17) is 5.11 Å². The van der Waals surface area contributed by atoms with Crippen molar-refractivity contribution in [3.8, 4) is 5.75 Å². The molecule has 0 bridgehead atoms. The number of hydrogen-bond acceptors (Lipinski definition) is 3. The van der Waals surface area contributed by atoms with Gasteiger partial charge in [-0.3, -0.25) is 0 Å². The van der Waals surface area contributed by atoms with E-state index in [1.807, 2.05) is 20.8 Å². The lowest BCUT2D eigenvalue weighted by molar-refractivity contribution is 0.0693. The van der Waals surface area contributed by atoms with Gasteiger partial charge < -0.3 is 20.8 Å². The van der Waals surface area contributed by atoms with Gasteiger partial charge in [0.2, 0.25) is 0 Å². The number of amides is 2. The maximum absolute atomic E-state index is 12.0. The molecule has 2 amide bonds. The Kier molecular flexibility index (Phi) is 5.58. The van der Waals surface area contributed by atoms with Crippen LogP contribution in [-0.4, -0.2) is 27.8 Å². The number of carbonyl (C=O) groups excluding carboxylic acids is 1. The average Bonchev–Trinajstić information content (AvgIpc) is 2.46. The van der Waals surface area contributed by atoms with Crippen LogP contribution in [0.4, 0.5) is 10.5 Å². The van der Waals surface area contributed by atoms with Crippen molar-refractivity contribution in [2.24, 2.45) is 0 Å². The molecule has 0 saturated heterocycles. The number of aromatic hydroxyl groups is 1. The maximum Gasteiger partial charge on any atom is 0.339 e. The average molecular weight is 294 g/mol. The molecule has 0 unspecified atom stereocenters. The smallest absolute Gasteiger partial charge is 0.339 e. The molecule has 0 aliphatic carbocycles. The van der Waals surface area contributed by atoms with Gasteiger partial charge in [0.15, 0.2) is 0 Å². The summed E-state index contributed by atoms with van der Waals surface area (Å²) in [6.45, 7) is 6.03. The zero-order valence-corrected chi connectivity index (χ0v) is 12.6. The summed E-state index contributed by atoms with van der Waals surface area (Å²) in [5.41, 5.74) is -0.197. The van der Waals surface area contributed by atoms with Gasteiger partial charge in [0.25, 0.3) is 0 Å². The molecule has 1 aromatic rings. The molecular formula is C15H22N2O4. The zero-order valence-electron chi connectivity index (χ0n) is 12.6. The van der Waals surface area contributed by atoms with Crippen LogP contribution < -0.4 is 10.6 Å². The second kappa shape index (κ2) is 6.97. The van der Waals surface area contributed by atoms with Crippen LogP contribution in [0.1, 0.15) is 50.4 Å². The van der Waals surface area contributed by atoms with Crippen LogP contribution in [0.15, 0.2) is 18.2 Å². The maximum atomic E-state index is 12.0. The van der Waals surface area contributed by atoms with Crippen LogP contribution in [0.2, 0.25) is 0 Å². The molecule has 4 N–H and O–H groups in total. The van der Waals surface area contributed by atoms with E-state index in [9.17, 15) is 14.7 Å². The van der Waals surface area contributed by atoms with Crippen LogP contribution in [-0.2, 0) is 0 Å². The van der Waals surface area contributed by atoms with Crippen molar-refractivity contribution in [2.75, 3.05) is 5.32 Å². The summed E-state index contributed by atoms with van der Waals surface area (Å²) in [6.07, 6.45) is 2.43. The molecule has 21 heavy (non-hydrogen) atoms. The molecule has 1 aromatic carbocycles. The van der Waals surface area contributed by atoms with Crippen molar-refractivity contribution in [3.05, 3.63) is 23.8 Å². The number of urea groups is 1. The summed E-state index contributed by atoms with van der Waals surface area (Å²) < 4.78 is 0. The normalized spacial score (nSPS) is 11.0. The minimum Gasteiger partial charge on any atom is -0.507 e. The van der Waals surface area contributed by atoms with E-state index in [-0.39, 0.29) is 22.9 Å². The highest BCUT2D eigenvalue weighted by molar-refractivity contribution is 5.95. The van der Waals surface area contributed by atoms with Crippen molar-refractivity contribution in [1.82, 2.24) is 5.32 Å². The Morgan fingerprint density at radius 1 is 1.14 bits per heavy atom. The topological polar surface area (TPSA) is 98.7 Å². The first-order valence-corrected chi connectivity index (χ1v) is 7.03. The molecule has 6 nitrogen and oxygen atoms in total. The summed E-state index contributed by atoms with van der Waals surface area (Å²) in [7, 11) is 0. The third kappa shape index (κ3) is 4.11. The molecule has 0 aliphatic heterocycles. The fourth-order valence-electron chi connectivity index (χ4n) is 2.20. The third-order valence-electron chi connectivity index (χ3n) is 3.89. The third-order valence-corrected chi connectivity index (χ3v) is 3.89. The summed E-state index contributed by atoms with van der Waals surface area (Å²) >= 11 is 0. The highest BCUT2D eigenvalue weighted by atomic mass is 16.4. The SMILES string of the molecule is CCC(CC)(CC)NC(=O)Nc1ccc(O)c(C(=O)O)c1. The van der Waals surface area contributed by atoms with E-state index >= 15 is 0 Å². The molecule has 0 saturated carbocycles. The number of phenols is 1. The Morgan fingerprint density at radius 2 is 1.71 bits per heavy atom. The Hall–Kier alpha value is -2.24. The fraction of sp³-hybridized carbons (Fsp3) is 0.467. The Balaban J connectivity index is 2.84. The molecule has 116 valence electrons. The highest BCUT2D eigenvalue weighted by Gasteiger charge is 2.25. The number of benzene rings is 1. The van der Waals surface area contributed by atoms with Crippen LogP contribution in [0, 0.1) is 0 Å². The second-order valence-corrected chi connectivity index (χ2v) is 4.96. The summed E-state index contributed by atoms with van der Waals surface area (Å²) in [4.78, 5) is 23.0. The Labute approximate surface area is 124 Å². The number of carboxylic acids is 1. The van der Waals surface area contributed by atoms with Crippen LogP contribution in [0.3, 0.4) is 0 Å². The second-order valence-electron chi connectivity index (χ2n) is 4.96. The molecule has 1 rings (SSSR count). The lowest BCUT2D eigenvalue weighted by Crippen LogP contribution is -2.48. The molecule has 0 radical (unpaired) electrons. The van der Waals surface area contributed by atoms with Gasteiger partial charge in [-0.25, -0.2) is 9.59 Å². The summed E-state index contributed by atoms with van der Waals surface area (Å²) in [6, 6.07) is 3.53. The van der Waals surface area contributed by atoms with E-state index in [1.165, 1.54) is 18.2 Å². The van der Waals surface area contributed by atoms with Gasteiger partial charge in [-0.15, -0.1) is 0 Å². The first kappa shape index (κ1) is 16.8. The molecule has 0 spiro atoms. The minimum atomic E-state index is -1.25. The van der Waals surface area contributed by atoms with Crippen molar-refractivity contribution in [3.63, 3.8) is 0 Å². The van der Waals surface area contributed by atoms with Crippen molar-refractivity contribution in [1.29, 1.82) is 0 Å². The number of carbonyl (C=O) groups is 2. The summed E-state index contributed by atoms with van der Waals surface area (Å²) in [5.74, 6) is -1.58. The number of anilines is 1. The van der Waals surface area contributed by atoms with E-state index in [1.54, 1.807) is 0 Å². The van der Waals surface area contributed by atoms with E-state index in [0.717, 1.165) is 19.3 Å². The molecule has 0 atom stereocenters. The van der Waals surface area contributed by atoms with Gasteiger partial charge in [0.05, 0.1) is 0 Å². The van der Waals surface area contributed by atoms with Crippen molar-refractivity contribution in [2.45, 2.75) is 45.6 Å². The quantitative estimate of drug-likeness (QED) is 0.605. The molecule has 0 aromatic heterocycles. The standard InChI is InChI=1S/C15H22N2O4/c1-4-15(5-2,6-3)17-14(21)16-10-7-8-12(18)11(9-10)13(19)20/h7-9,18H,4-6H2,1-3H3,(H,19,20)(H2,16,17,21). The number of hydrogen-bond donors (Lipinski definition) is 4. The summed E-state index contributed by atoms with van der Waals surface area (Å²) in [5, 5.41) is 23.9. The first-order valence-electron chi connectivity index (χ1n) is 7.03. The van der Waals surface area contributed by atoms with Gasteiger partial charge in [-0.1, -0.05) is 20.8 Å². The zero-order chi connectivity index (χ0) is 16.0. The predicted octanol–water partition coefficient (Wildman–Crippen LogP) is 3.18. The fourth-order valence-corrected chi connectivity index (χ4v) is 2.20. The molecule has 6 heteroatoms. The molecule has 0 aliphatic rings. The largest absolute Gasteiger partial charge is 0.507 e. The van der Waals surface area contributed by atoms with Gasteiger partial charge in [-0.2, -0.15) is 0 Å². The van der Waals surface area contributed by atoms with E-state index in [2.05, 4.69) is 10.6 Å². The van der Waals surface area contributed by atoms with Crippen LogP contribution >= 0.6 is 0 Å². The number of aromatic carboxylic acids is 1. The number of carboxylic acid groups (broad SMARTS) is 1. The highest BCUT2D eigenvalue weighted by Crippen LogP contribution is 2.22. The first-order chi connectivity index (χ1) is 9.87. The Morgan fingerprint density at radius 3 is 2.19 bits per heavy atom. The van der Waals surface area contributed by atoms with Gasteiger partial charge in [-0.05, 0) is 37.5 Å². The Bertz CT molecular complexity index is 516. The van der Waals surface area contributed by atoms with E-state index < -0.39 is 5.97 Å². The van der Waals surface area contributed by atoms with Gasteiger partial charge in [0, 0.05) is 11.2 Å². The minimum absolute atomic E-state index is 0.250. The van der Waals surface area contributed by atoms with Crippen LogP contribution in [0.5, 0.6) is 5.75 Å². The van der Waals surface area contributed by atoms with E-state index in [0.29, 0.717) is 5.69 Å². The van der Waals surface area contributed by atoms with Gasteiger partial charge in [0.1, 0.15) is 11.3 Å². The molecular weight excluding hydrogens is 272 g/mol.